The topological polar surface area (TPSA) is 141 Å². The molecule has 1 unspecified atom stereocenters. The number of nitrogens with zero attached hydrogens (tertiary/aromatic N) is 3. The number of amides is 1. The Morgan fingerprint density at radius 1 is 1.28 bits per heavy atom. The number of alkyl halides is 1. The lowest BCUT2D eigenvalue weighted by Crippen LogP contribution is -2.58. The Labute approximate surface area is 168 Å². The Morgan fingerprint density at radius 3 is 2.48 bits per heavy atom. The SMILES string of the molecule is Cc1nnc(C(=O)NC2=CCC(C)(F)C([C@]3(C)CS(=O)(=O)C(C)(C)C(N)=N3)=C2)o1. The van der Waals surface area contributed by atoms with Gasteiger partial charge in [0.05, 0.1) is 11.3 Å². The smallest absolute Gasteiger partial charge is 0.313 e. The van der Waals surface area contributed by atoms with Crippen LogP contribution in [-0.2, 0) is 9.84 Å². The van der Waals surface area contributed by atoms with Crippen molar-refractivity contribution < 1.29 is 22.0 Å². The van der Waals surface area contributed by atoms with Crippen molar-refractivity contribution in [1.82, 2.24) is 15.5 Å². The van der Waals surface area contributed by atoms with E-state index < -0.39 is 37.5 Å². The molecule has 29 heavy (non-hydrogen) atoms. The summed E-state index contributed by atoms with van der Waals surface area (Å²) in [4.78, 5) is 16.7. The molecule has 2 atom stereocenters. The van der Waals surface area contributed by atoms with Gasteiger partial charge in [-0.3, -0.25) is 9.79 Å². The number of rotatable bonds is 3. The van der Waals surface area contributed by atoms with Crippen LogP contribution >= 0.6 is 0 Å². The van der Waals surface area contributed by atoms with Gasteiger partial charge in [0.1, 0.15) is 16.3 Å². The minimum Gasteiger partial charge on any atom is -0.417 e. The fourth-order valence-electron chi connectivity index (χ4n) is 3.43. The highest BCUT2D eigenvalue weighted by Gasteiger charge is 2.53. The van der Waals surface area contributed by atoms with E-state index in [0.717, 1.165) is 0 Å². The molecule has 0 saturated heterocycles. The minimum atomic E-state index is -3.70. The lowest BCUT2D eigenvalue weighted by atomic mass is 9.78. The number of halogens is 1. The van der Waals surface area contributed by atoms with Crippen molar-refractivity contribution in [3.05, 3.63) is 35.2 Å². The van der Waals surface area contributed by atoms with E-state index in [0.29, 0.717) is 0 Å². The first-order valence-electron chi connectivity index (χ1n) is 8.99. The molecule has 0 fully saturated rings. The molecule has 2 aliphatic rings. The van der Waals surface area contributed by atoms with E-state index >= 15 is 4.39 Å². The van der Waals surface area contributed by atoms with Gasteiger partial charge in [0.2, 0.25) is 5.89 Å². The van der Waals surface area contributed by atoms with Gasteiger partial charge in [0, 0.05) is 19.0 Å². The van der Waals surface area contributed by atoms with Crippen LogP contribution in [0, 0.1) is 6.92 Å². The van der Waals surface area contributed by atoms with E-state index in [1.807, 2.05) is 0 Å². The van der Waals surface area contributed by atoms with Gasteiger partial charge in [-0.1, -0.05) is 6.08 Å². The molecule has 2 heterocycles. The number of hydrogen-bond donors (Lipinski definition) is 2. The summed E-state index contributed by atoms with van der Waals surface area (Å²) in [6.45, 7) is 7.37. The average molecular weight is 425 g/mol. The molecule has 9 nitrogen and oxygen atoms in total. The summed E-state index contributed by atoms with van der Waals surface area (Å²) in [5.74, 6) is -1.14. The molecule has 1 aromatic rings. The standard InChI is InChI=1S/C18H24FN5O4S/c1-10-23-24-14(28-10)13(25)21-11-6-7-17(4,19)12(8-11)18(5)9-29(26,27)16(2,3)15(20)22-18/h6,8H,7,9H2,1-5H3,(H2,20,22)(H,21,25)/t17?,18-/m0/s1. The van der Waals surface area contributed by atoms with E-state index in [2.05, 4.69) is 20.5 Å². The zero-order valence-electron chi connectivity index (χ0n) is 16.9. The number of nitrogens with two attached hydrogens (primary N) is 1. The molecule has 0 saturated carbocycles. The van der Waals surface area contributed by atoms with Crippen LogP contribution in [0.4, 0.5) is 4.39 Å². The summed E-state index contributed by atoms with van der Waals surface area (Å²) < 4.78 is 44.8. The van der Waals surface area contributed by atoms with Gasteiger partial charge in [0.25, 0.3) is 0 Å². The van der Waals surface area contributed by atoms with Crippen LogP contribution in [0.1, 0.15) is 50.7 Å². The fourth-order valence-corrected chi connectivity index (χ4v) is 5.12. The van der Waals surface area contributed by atoms with Gasteiger partial charge in [-0.2, -0.15) is 0 Å². The number of hydrogen-bond acceptors (Lipinski definition) is 8. The first kappa shape index (κ1) is 21.2. The van der Waals surface area contributed by atoms with Crippen molar-refractivity contribution in [2.45, 2.75) is 57.0 Å². The number of allylic oxidation sites excluding steroid dienone is 2. The van der Waals surface area contributed by atoms with Crippen molar-refractivity contribution in [1.29, 1.82) is 0 Å². The third kappa shape index (κ3) is 3.59. The number of sulfone groups is 1. The molecule has 1 aromatic heterocycles. The maximum Gasteiger partial charge on any atom is 0.313 e. The van der Waals surface area contributed by atoms with E-state index in [4.69, 9.17) is 10.2 Å². The summed E-state index contributed by atoms with van der Waals surface area (Å²) in [5, 5.41) is 9.80. The number of carbonyl (C=O) groups excluding carboxylic acids is 1. The lowest BCUT2D eigenvalue weighted by molar-refractivity contribution is 0.0930. The molecule has 0 aromatic carbocycles. The van der Waals surface area contributed by atoms with Crippen molar-refractivity contribution in [3.8, 4) is 0 Å². The Balaban J connectivity index is 1.99. The summed E-state index contributed by atoms with van der Waals surface area (Å²) >= 11 is 0. The van der Waals surface area contributed by atoms with Crippen molar-refractivity contribution in [2.75, 3.05) is 5.75 Å². The Morgan fingerprint density at radius 2 is 1.93 bits per heavy atom. The van der Waals surface area contributed by atoms with Crippen LogP contribution in [0.2, 0.25) is 0 Å². The minimum absolute atomic E-state index is 0.0776. The third-order valence-electron chi connectivity index (χ3n) is 5.36. The van der Waals surface area contributed by atoms with E-state index in [1.165, 1.54) is 39.8 Å². The first-order chi connectivity index (χ1) is 13.2. The van der Waals surface area contributed by atoms with Crippen LogP contribution in [0.25, 0.3) is 0 Å². The number of aromatic nitrogens is 2. The fraction of sp³-hybridized carbons (Fsp3) is 0.556. The van der Waals surface area contributed by atoms with Gasteiger partial charge in [-0.15, -0.1) is 10.2 Å². The maximum absolute atomic E-state index is 15.4. The Hall–Kier alpha value is -2.56. The van der Waals surface area contributed by atoms with E-state index in [1.54, 1.807) is 6.92 Å². The number of aliphatic imine (C=N–C) groups is 1. The van der Waals surface area contributed by atoms with E-state index in [9.17, 15) is 13.2 Å². The molecule has 11 heteroatoms. The van der Waals surface area contributed by atoms with Crippen LogP contribution in [0.15, 0.2) is 32.8 Å². The van der Waals surface area contributed by atoms with Crippen molar-refractivity contribution >= 4 is 21.6 Å². The van der Waals surface area contributed by atoms with Crippen LogP contribution in [0.3, 0.4) is 0 Å². The second-order valence-corrected chi connectivity index (χ2v) is 10.8. The van der Waals surface area contributed by atoms with Crippen LogP contribution in [0.5, 0.6) is 0 Å². The highest BCUT2D eigenvalue weighted by molar-refractivity contribution is 7.93. The highest BCUT2D eigenvalue weighted by Crippen LogP contribution is 2.43. The molecule has 1 amide bonds. The molecule has 0 spiro atoms. The van der Waals surface area contributed by atoms with Gasteiger partial charge >= 0.3 is 11.8 Å². The number of nitrogens with one attached hydrogen (secondary N) is 1. The molecule has 3 N–H and O–H groups in total. The third-order valence-corrected chi connectivity index (χ3v) is 8.06. The molecule has 0 bridgehead atoms. The van der Waals surface area contributed by atoms with Crippen LogP contribution < -0.4 is 11.1 Å². The largest absolute Gasteiger partial charge is 0.417 e. The van der Waals surface area contributed by atoms with Crippen molar-refractivity contribution in [2.24, 2.45) is 10.7 Å². The predicted molar refractivity (Wildman–Crippen MR) is 105 cm³/mol. The second-order valence-electron chi connectivity index (χ2n) is 8.24. The molecule has 0 radical (unpaired) electrons. The molecule has 158 valence electrons. The molecular weight excluding hydrogens is 401 g/mol. The van der Waals surface area contributed by atoms with Gasteiger partial charge in [-0.25, -0.2) is 12.8 Å². The van der Waals surface area contributed by atoms with Gasteiger partial charge in [-0.05, 0) is 39.3 Å². The van der Waals surface area contributed by atoms with Crippen LogP contribution in [-0.4, -0.2) is 52.1 Å². The average Bonchev–Trinajstić information content (AvgIpc) is 3.01. The lowest BCUT2D eigenvalue weighted by Gasteiger charge is -2.43. The normalized spacial score (nSPS) is 30.8. The van der Waals surface area contributed by atoms with Gasteiger partial charge in [0.15, 0.2) is 9.84 Å². The molecular formula is C18H24FN5O4S. The summed E-state index contributed by atoms with van der Waals surface area (Å²) in [7, 11) is -3.70. The zero-order valence-corrected chi connectivity index (χ0v) is 17.7. The van der Waals surface area contributed by atoms with E-state index in [-0.39, 0.29) is 35.3 Å². The van der Waals surface area contributed by atoms with Crippen molar-refractivity contribution in [3.63, 3.8) is 0 Å². The van der Waals surface area contributed by atoms with Gasteiger partial charge < -0.3 is 15.5 Å². The second kappa shape index (κ2) is 6.48. The maximum atomic E-state index is 15.4. The first-order valence-corrected chi connectivity index (χ1v) is 10.6. The summed E-state index contributed by atoms with van der Waals surface area (Å²) in [6, 6.07) is 0. The molecule has 1 aliphatic carbocycles. The number of aryl methyl sites for hydroxylation is 1. The molecule has 3 rings (SSSR count). The molecule has 1 aliphatic heterocycles. The highest BCUT2D eigenvalue weighted by atomic mass is 32.2. The Kier molecular flexibility index (Phi) is 4.72. The monoisotopic (exact) mass is 425 g/mol. The number of carbonyl (C=O) groups is 1. The Bertz CT molecular complexity index is 1070. The zero-order chi connectivity index (χ0) is 21.8. The predicted octanol–water partition coefficient (Wildman–Crippen LogP) is 1.37. The summed E-state index contributed by atoms with van der Waals surface area (Å²) in [5.41, 5.74) is 3.08. The summed E-state index contributed by atoms with van der Waals surface area (Å²) in [6.07, 6.45) is 2.82. The number of amidine groups is 1. The quantitative estimate of drug-likeness (QED) is 0.745.